The van der Waals surface area contributed by atoms with E-state index in [0.29, 0.717) is 11.0 Å². The van der Waals surface area contributed by atoms with Gasteiger partial charge in [-0.25, -0.2) is 13.4 Å². The Kier molecular flexibility index (Phi) is 2.48. The van der Waals surface area contributed by atoms with Gasteiger partial charge in [-0.05, 0) is 19.8 Å². The zero-order valence-corrected chi connectivity index (χ0v) is 9.49. The fraction of sp³-hybridized carbons (Fsp3) is 0.625. The molecule has 0 saturated heterocycles. The minimum atomic E-state index is -3.17. The molecular weight excluding hydrogens is 220 g/mol. The van der Waals surface area contributed by atoms with Gasteiger partial charge >= 0.3 is 0 Å². The molecule has 1 aliphatic rings. The third-order valence-electron chi connectivity index (χ3n) is 2.14. The zero-order chi connectivity index (χ0) is 10.2. The van der Waals surface area contributed by atoms with E-state index in [9.17, 15) is 8.42 Å². The van der Waals surface area contributed by atoms with E-state index in [4.69, 9.17) is 0 Å². The molecule has 4 nitrogen and oxygen atoms in total. The van der Waals surface area contributed by atoms with Gasteiger partial charge in [-0.3, -0.25) is 4.72 Å². The minimum absolute atomic E-state index is 0.0886. The number of sulfonamides is 1. The maximum atomic E-state index is 11.2. The maximum absolute atomic E-state index is 11.2. The Hall–Kier alpha value is -0.620. The smallest absolute Gasteiger partial charge is 0.234 e. The van der Waals surface area contributed by atoms with Crippen LogP contribution in [0.15, 0.2) is 5.38 Å². The van der Waals surface area contributed by atoms with Crippen LogP contribution in [0.25, 0.3) is 0 Å². The molecule has 0 radical (unpaired) electrons. The summed E-state index contributed by atoms with van der Waals surface area (Å²) >= 11 is 1.36. The number of nitrogens with one attached hydrogen (secondary N) is 1. The van der Waals surface area contributed by atoms with Gasteiger partial charge in [0, 0.05) is 11.3 Å². The van der Waals surface area contributed by atoms with E-state index in [2.05, 4.69) is 9.71 Å². The molecule has 1 N–H and O–H groups in total. The fourth-order valence-electron chi connectivity index (χ4n) is 1.10. The van der Waals surface area contributed by atoms with Crippen LogP contribution in [0.5, 0.6) is 0 Å². The summed E-state index contributed by atoms with van der Waals surface area (Å²) in [6.45, 7) is 1.61. The zero-order valence-electron chi connectivity index (χ0n) is 7.86. The van der Waals surface area contributed by atoms with E-state index in [-0.39, 0.29) is 5.75 Å². The average Bonchev–Trinajstić information content (AvgIpc) is 2.89. The molecule has 0 aromatic carbocycles. The molecule has 0 bridgehead atoms. The first-order valence-corrected chi connectivity index (χ1v) is 7.10. The predicted molar refractivity (Wildman–Crippen MR) is 57.2 cm³/mol. The Bertz CT molecular complexity index is 420. The molecule has 6 heteroatoms. The molecule has 1 aromatic rings. The molecule has 1 fully saturated rings. The summed E-state index contributed by atoms with van der Waals surface area (Å²) in [6, 6.07) is 0. The summed E-state index contributed by atoms with van der Waals surface area (Å²) in [7, 11) is -3.17. The molecule has 0 unspecified atom stereocenters. The van der Waals surface area contributed by atoms with Gasteiger partial charge in [-0.1, -0.05) is 0 Å². The van der Waals surface area contributed by atoms with Gasteiger partial charge < -0.3 is 0 Å². The van der Waals surface area contributed by atoms with E-state index in [1.807, 2.05) is 5.38 Å². The lowest BCUT2D eigenvalue weighted by atomic mass is 10.3. The normalized spacial score (nSPS) is 16.9. The van der Waals surface area contributed by atoms with E-state index >= 15 is 0 Å². The van der Waals surface area contributed by atoms with Crippen molar-refractivity contribution in [3.8, 4) is 0 Å². The van der Waals surface area contributed by atoms with Crippen molar-refractivity contribution in [2.45, 2.75) is 25.7 Å². The van der Waals surface area contributed by atoms with Gasteiger partial charge in [0.2, 0.25) is 10.0 Å². The number of aromatic nitrogens is 1. The predicted octanol–water partition coefficient (Wildman–Crippen LogP) is 1.78. The molecule has 1 saturated carbocycles. The minimum Gasteiger partial charge on any atom is -0.259 e. The van der Waals surface area contributed by atoms with E-state index in [0.717, 1.165) is 5.69 Å². The van der Waals surface area contributed by atoms with E-state index in [1.54, 1.807) is 6.92 Å². The second kappa shape index (κ2) is 3.51. The molecule has 1 heterocycles. The number of thiazole rings is 1. The van der Waals surface area contributed by atoms with Crippen LogP contribution in [0.3, 0.4) is 0 Å². The van der Waals surface area contributed by atoms with Gasteiger partial charge in [0.05, 0.1) is 11.4 Å². The molecule has 0 amide bonds. The molecule has 0 atom stereocenters. The number of rotatable bonds is 4. The second-order valence-electron chi connectivity index (χ2n) is 3.36. The molecule has 1 aliphatic carbocycles. The highest BCUT2D eigenvalue weighted by atomic mass is 32.2. The lowest BCUT2D eigenvalue weighted by Crippen LogP contribution is -2.14. The van der Waals surface area contributed by atoms with Gasteiger partial charge in [-0.15, -0.1) is 11.3 Å². The Balaban J connectivity index is 2.09. The van der Waals surface area contributed by atoms with Gasteiger partial charge in [0.1, 0.15) is 0 Å². The topological polar surface area (TPSA) is 59.1 Å². The van der Waals surface area contributed by atoms with Crippen LogP contribution in [-0.4, -0.2) is 19.2 Å². The monoisotopic (exact) mass is 232 g/mol. The molecule has 1 aromatic heterocycles. The number of hydrogen-bond acceptors (Lipinski definition) is 4. The fourth-order valence-corrected chi connectivity index (χ4v) is 2.77. The standard InChI is InChI=1S/C8H12N2O2S2/c1-2-14(11,12)10-8-9-7(5-13-8)6-3-4-6/h5-6H,2-4H2,1H3,(H,9,10). The van der Waals surface area contributed by atoms with Crippen molar-refractivity contribution in [1.29, 1.82) is 0 Å². The van der Waals surface area contributed by atoms with Crippen molar-refractivity contribution < 1.29 is 8.42 Å². The SMILES string of the molecule is CCS(=O)(=O)Nc1nc(C2CC2)cs1. The highest BCUT2D eigenvalue weighted by Crippen LogP contribution is 2.40. The van der Waals surface area contributed by atoms with Crippen molar-refractivity contribution in [2.24, 2.45) is 0 Å². The van der Waals surface area contributed by atoms with Crippen LogP contribution in [0, 0.1) is 0 Å². The first-order chi connectivity index (χ1) is 6.61. The van der Waals surface area contributed by atoms with Crippen molar-refractivity contribution >= 4 is 26.5 Å². The van der Waals surface area contributed by atoms with E-state index in [1.165, 1.54) is 24.2 Å². The van der Waals surface area contributed by atoms with Gasteiger partial charge in [-0.2, -0.15) is 0 Å². The molecule has 14 heavy (non-hydrogen) atoms. The first kappa shape index (κ1) is 9.92. The van der Waals surface area contributed by atoms with Crippen LogP contribution < -0.4 is 4.72 Å². The van der Waals surface area contributed by atoms with Crippen molar-refractivity contribution in [2.75, 3.05) is 10.5 Å². The van der Waals surface area contributed by atoms with Gasteiger partial charge in [0.15, 0.2) is 5.13 Å². The van der Waals surface area contributed by atoms with Crippen molar-refractivity contribution in [3.63, 3.8) is 0 Å². The highest BCUT2D eigenvalue weighted by Gasteiger charge is 2.26. The van der Waals surface area contributed by atoms with Crippen LogP contribution in [-0.2, 0) is 10.0 Å². The lowest BCUT2D eigenvalue weighted by Gasteiger charge is -2.00. The third-order valence-corrected chi connectivity index (χ3v) is 4.31. The molecule has 2 rings (SSSR count). The van der Waals surface area contributed by atoms with Crippen LogP contribution in [0.2, 0.25) is 0 Å². The molecule has 0 spiro atoms. The first-order valence-electron chi connectivity index (χ1n) is 4.56. The Morgan fingerprint density at radius 2 is 2.36 bits per heavy atom. The average molecular weight is 232 g/mol. The highest BCUT2D eigenvalue weighted by molar-refractivity contribution is 7.92. The number of anilines is 1. The largest absolute Gasteiger partial charge is 0.259 e. The summed E-state index contributed by atoms with van der Waals surface area (Å²) in [5.41, 5.74) is 1.03. The quantitative estimate of drug-likeness (QED) is 0.861. The van der Waals surface area contributed by atoms with Crippen LogP contribution >= 0.6 is 11.3 Å². The Morgan fingerprint density at radius 3 is 2.93 bits per heavy atom. The summed E-state index contributed by atoms with van der Waals surface area (Å²) in [5, 5.41) is 2.43. The Morgan fingerprint density at radius 1 is 1.64 bits per heavy atom. The van der Waals surface area contributed by atoms with Crippen molar-refractivity contribution in [3.05, 3.63) is 11.1 Å². The van der Waals surface area contributed by atoms with Crippen molar-refractivity contribution in [1.82, 2.24) is 4.98 Å². The van der Waals surface area contributed by atoms with Crippen LogP contribution in [0.1, 0.15) is 31.4 Å². The summed E-state index contributed by atoms with van der Waals surface area (Å²) in [6.07, 6.45) is 2.37. The number of nitrogens with zero attached hydrogens (tertiary/aromatic N) is 1. The molecular formula is C8H12N2O2S2. The summed E-state index contributed by atoms with van der Waals surface area (Å²) in [5.74, 6) is 0.664. The Labute approximate surface area is 87.4 Å². The second-order valence-corrected chi connectivity index (χ2v) is 6.23. The summed E-state index contributed by atoms with van der Waals surface area (Å²) < 4.78 is 24.9. The molecule has 0 aliphatic heterocycles. The molecule has 78 valence electrons. The maximum Gasteiger partial charge on any atom is 0.234 e. The van der Waals surface area contributed by atoms with Gasteiger partial charge in [0.25, 0.3) is 0 Å². The lowest BCUT2D eigenvalue weighted by molar-refractivity contribution is 0.602. The van der Waals surface area contributed by atoms with Crippen LogP contribution in [0.4, 0.5) is 5.13 Å². The number of hydrogen-bond donors (Lipinski definition) is 1. The third kappa shape index (κ3) is 2.24. The summed E-state index contributed by atoms with van der Waals surface area (Å²) in [4.78, 5) is 4.23. The van der Waals surface area contributed by atoms with E-state index < -0.39 is 10.0 Å².